The minimum atomic E-state index is -0.367. The molecule has 2 saturated heterocycles. The van der Waals surface area contributed by atoms with Gasteiger partial charge in [0.1, 0.15) is 5.78 Å². The molecule has 0 atom stereocenters. The smallest absolute Gasteiger partial charge is 0.169 e. The molecule has 0 radical (unpaired) electrons. The van der Waals surface area contributed by atoms with Crippen LogP contribution in [0.1, 0.15) is 51.4 Å². The molecule has 0 aromatic heterocycles. The van der Waals surface area contributed by atoms with Crippen LogP contribution in [0.25, 0.3) is 0 Å². The van der Waals surface area contributed by atoms with Crippen molar-refractivity contribution in [1.29, 1.82) is 0 Å². The summed E-state index contributed by atoms with van der Waals surface area (Å²) in [6.45, 7) is 6.88. The van der Waals surface area contributed by atoms with Crippen molar-refractivity contribution in [2.45, 2.75) is 62.9 Å². The summed E-state index contributed by atoms with van der Waals surface area (Å²) < 4.78 is 22.0. The van der Waals surface area contributed by atoms with Crippen LogP contribution in [0.3, 0.4) is 0 Å². The first-order valence-corrected chi connectivity index (χ1v) is 8.36. The van der Waals surface area contributed by atoms with E-state index in [0.29, 0.717) is 31.8 Å². The fraction of sp³-hybridized carbons (Fsp3) is 0.824. The maximum absolute atomic E-state index is 10.9. The predicted octanol–water partition coefficient (Wildman–Crippen LogP) is 2.73. The third-order valence-electron chi connectivity index (χ3n) is 4.92. The van der Waals surface area contributed by atoms with Gasteiger partial charge in [-0.1, -0.05) is 12.2 Å². The number of ketones is 1. The molecule has 2 saturated carbocycles. The zero-order valence-corrected chi connectivity index (χ0v) is 13.2. The predicted molar refractivity (Wildman–Crippen MR) is 80.4 cm³/mol. The van der Waals surface area contributed by atoms with Gasteiger partial charge in [-0.25, -0.2) is 0 Å². The highest BCUT2D eigenvalue weighted by Gasteiger charge is 2.40. The summed E-state index contributed by atoms with van der Waals surface area (Å²) >= 11 is 0. The molecule has 0 amide bonds. The molecule has 5 heteroatoms. The highest BCUT2D eigenvalue weighted by atomic mass is 16.7. The second-order valence-corrected chi connectivity index (χ2v) is 6.50. The fourth-order valence-corrected chi connectivity index (χ4v) is 3.47. The molecule has 2 aliphatic heterocycles. The van der Waals surface area contributed by atoms with Crippen LogP contribution < -0.4 is 0 Å². The number of Topliss-reactive ketones (excluding diaryl/α,β-unsaturated/α-hetero) is 1. The Hall–Kier alpha value is -0.750. The van der Waals surface area contributed by atoms with E-state index >= 15 is 0 Å². The van der Waals surface area contributed by atoms with Crippen molar-refractivity contribution in [3.63, 3.8) is 0 Å². The number of rotatable bonds is 0. The molecule has 5 nitrogen and oxygen atoms in total. The molecule has 2 aliphatic carbocycles. The van der Waals surface area contributed by atoms with Crippen LogP contribution in [-0.4, -0.2) is 43.8 Å². The van der Waals surface area contributed by atoms with Gasteiger partial charge in [0.15, 0.2) is 11.6 Å². The van der Waals surface area contributed by atoms with Crippen LogP contribution in [0.5, 0.6) is 0 Å². The average Bonchev–Trinajstić information content (AvgIpc) is 3.18. The number of hydrogen-bond acceptors (Lipinski definition) is 5. The average molecular weight is 310 g/mol. The number of ether oxygens (including phenoxy) is 4. The third-order valence-corrected chi connectivity index (χ3v) is 4.92. The molecule has 0 N–H and O–H groups in total. The lowest BCUT2D eigenvalue weighted by Gasteiger charge is -2.32. The van der Waals surface area contributed by atoms with Crippen molar-refractivity contribution in [1.82, 2.24) is 0 Å². The van der Waals surface area contributed by atoms with Crippen molar-refractivity contribution >= 4 is 5.78 Å². The number of hydrogen-bond donors (Lipinski definition) is 0. The molecular formula is C17H26O5. The van der Waals surface area contributed by atoms with Crippen LogP contribution in [0.2, 0.25) is 0 Å². The Kier molecular flexibility index (Phi) is 4.97. The standard InChI is InChI=1S/C9H14O2.C8H12O3/c1-8-2-4-9(5-3-8)10-6-7-11-9;9-7-1-3-8(4-2-7)10-5-6-11-8/h1-7H2;1-6H2. The summed E-state index contributed by atoms with van der Waals surface area (Å²) in [5.41, 5.74) is 1.34. The topological polar surface area (TPSA) is 54.0 Å². The van der Waals surface area contributed by atoms with Gasteiger partial charge in [0.25, 0.3) is 0 Å². The van der Waals surface area contributed by atoms with Gasteiger partial charge in [-0.3, -0.25) is 4.79 Å². The number of carbonyl (C=O) groups excluding carboxylic acids is 1. The quantitative estimate of drug-likeness (QED) is 0.644. The lowest BCUT2D eigenvalue weighted by atomic mass is 9.91. The second kappa shape index (κ2) is 6.79. The number of carbonyl (C=O) groups is 1. The highest BCUT2D eigenvalue weighted by molar-refractivity contribution is 5.79. The van der Waals surface area contributed by atoms with E-state index in [4.69, 9.17) is 18.9 Å². The normalized spacial score (nSPS) is 29.6. The van der Waals surface area contributed by atoms with Gasteiger partial charge in [0.05, 0.1) is 26.4 Å². The highest BCUT2D eigenvalue weighted by Crippen LogP contribution is 2.37. The Morgan fingerprint density at radius 3 is 1.45 bits per heavy atom. The molecule has 0 bridgehead atoms. The zero-order valence-electron chi connectivity index (χ0n) is 13.2. The monoisotopic (exact) mass is 310 g/mol. The minimum Gasteiger partial charge on any atom is -0.348 e. The van der Waals surface area contributed by atoms with Crippen LogP contribution in [0.15, 0.2) is 12.2 Å². The van der Waals surface area contributed by atoms with E-state index < -0.39 is 0 Å². The second-order valence-electron chi connectivity index (χ2n) is 6.50. The van der Waals surface area contributed by atoms with Crippen molar-refractivity contribution in [3.8, 4) is 0 Å². The molecule has 2 heterocycles. The van der Waals surface area contributed by atoms with E-state index in [1.807, 2.05) is 0 Å². The first kappa shape index (κ1) is 16.1. The van der Waals surface area contributed by atoms with Crippen molar-refractivity contribution in [2.75, 3.05) is 26.4 Å². The molecule has 0 aromatic rings. The molecule has 0 aromatic carbocycles. The Morgan fingerprint density at radius 1 is 0.682 bits per heavy atom. The van der Waals surface area contributed by atoms with E-state index in [9.17, 15) is 4.79 Å². The van der Waals surface area contributed by atoms with E-state index in [0.717, 1.165) is 51.7 Å². The Labute approximate surface area is 131 Å². The Balaban J connectivity index is 0.000000131. The lowest BCUT2D eigenvalue weighted by molar-refractivity contribution is -0.179. The molecule has 0 unspecified atom stereocenters. The van der Waals surface area contributed by atoms with Crippen LogP contribution in [0.4, 0.5) is 0 Å². The van der Waals surface area contributed by atoms with E-state index in [-0.39, 0.29) is 11.6 Å². The molecule has 4 fully saturated rings. The van der Waals surface area contributed by atoms with Gasteiger partial charge >= 0.3 is 0 Å². The van der Waals surface area contributed by atoms with E-state index in [1.54, 1.807) is 0 Å². The maximum atomic E-state index is 10.9. The first-order valence-electron chi connectivity index (χ1n) is 8.36. The molecular weight excluding hydrogens is 284 g/mol. The SMILES string of the molecule is C=C1CCC2(CC1)OCCO2.O=C1CCC2(CC1)OCCO2. The summed E-state index contributed by atoms with van der Waals surface area (Å²) in [7, 11) is 0. The largest absolute Gasteiger partial charge is 0.348 e. The summed E-state index contributed by atoms with van der Waals surface area (Å²) in [6.07, 6.45) is 6.91. The molecule has 22 heavy (non-hydrogen) atoms. The van der Waals surface area contributed by atoms with Crippen LogP contribution in [-0.2, 0) is 23.7 Å². The number of allylic oxidation sites excluding steroid dienone is 1. The molecule has 4 rings (SSSR count). The summed E-state index contributed by atoms with van der Waals surface area (Å²) in [6, 6.07) is 0. The Morgan fingerprint density at radius 2 is 1.05 bits per heavy atom. The zero-order chi connectivity index (χ0) is 15.5. The van der Waals surface area contributed by atoms with Gasteiger partial charge in [0.2, 0.25) is 0 Å². The van der Waals surface area contributed by atoms with E-state index in [2.05, 4.69) is 6.58 Å². The molecule has 2 spiro atoms. The summed E-state index contributed by atoms with van der Waals surface area (Å²) in [4.78, 5) is 10.9. The Bertz CT molecular complexity index is 355. The summed E-state index contributed by atoms with van der Waals surface area (Å²) in [5, 5.41) is 0. The van der Waals surface area contributed by atoms with Gasteiger partial charge < -0.3 is 18.9 Å². The van der Waals surface area contributed by atoms with Gasteiger partial charge in [0, 0.05) is 38.5 Å². The van der Waals surface area contributed by atoms with E-state index in [1.165, 1.54) is 5.57 Å². The molecule has 4 aliphatic rings. The molecule has 124 valence electrons. The van der Waals surface area contributed by atoms with Crippen molar-refractivity contribution < 1.29 is 23.7 Å². The fourth-order valence-electron chi connectivity index (χ4n) is 3.47. The van der Waals surface area contributed by atoms with Crippen LogP contribution in [0, 0.1) is 0 Å². The van der Waals surface area contributed by atoms with Crippen molar-refractivity contribution in [2.24, 2.45) is 0 Å². The van der Waals surface area contributed by atoms with Gasteiger partial charge in [-0.15, -0.1) is 0 Å². The maximum Gasteiger partial charge on any atom is 0.169 e. The van der Waals surface area contributed by atoms with Crippen LogP contribution >= 0.6 is 0 Å². The minimum absolute atomic E-state index is 0.207. The van der Waals surface area contributed by atoms with Gasteiger partial charge in [-0.2, -0.15) is 0 Å². The summed E-state index contributed by atoms with van der Waals surface area (Å²) in [5.74, 6) is -0.232. The van der Waals surface area contributed by atoms with Crippen molar-refractivity contribution in [3.05, 3.63) is 12.2 Å². The first-order chi connectivity index (χ1) is 10.6. The van der Waals surface area contributed by atoms with Gasteiger partial charge in [-0.05, 0) is 12.8 Å². The third kappa shape index (κ3) is 3.77. The lowest BCUT2D eigenvalue weighted by Crippen LogP contribution is -2.35.